The van der Waals surface area contributed by atoms with Gasteiger partial charge in [0.15, 0.2) is 0 Å². The Bertz CT molecular complexity index is 1640. The molecule has 0 spiro atoms. The molecule has 8 heteroatoms. The molecule has 0 saturated carbocycles. The van der Waals surface area contributed by atoms with E-state index in [1.165, 1.54) is 11.3 Å². The summed E-state index contributed by atoms with van der Waals surface area (Å²) in [7, 11) is 1.64. The van der Waals surface area contributed by atoms with Crippen molar-refractivity contribution < 1.29 is 9.53 Å². The zero-order valence-corrected chi connectivity index (χ0v) is 21.7. The topological polar surface area (TPSA) is 76.5 Å². The fourth-order valence-electron chi connectivity index (χ4n) is 4.75. The van der Waals surface area contributed by atoms with Crippen molar-refractivity contribution in [2.24, 2.45) is 0 Å². The van der Waals surface area contributed by atoms with Gasteiger partial charge < -0.3 is 15.0 Å². The van der Waals surface area contributed by atoms with Gasteiger partial charge in [-0.15, -0.1) is 11.3 Å². The maximum absolute atomic E-state index is 13.9. The Kier molecular flexibility index (Phi) is 6.39. The standard InChI is InChI=1S/C30H26N4O3S/c1-37-23-13-11-20(12-14-23)18-31-30-32-25-15-16-33(29(36)27-17-21-7-5-6-10-26(21)38-27)19-24(25)28(35)34(30)22-8-3-2-4-9-22/h2-14,17H,15-16,18-19H2,1H3,(H,31,32). The van der Waals surface area contributed by atoms with E-state index in [-0.39, 0.29) is 18.0 Å². The van der Waals surface area contributed by atoms with Gasteiger partial charge in [-0.05, 0) is 47.3 Å². The van der Waals surface area contributed by atoms with Gasteiger partial charge in [0.2, 0.25) is 5.95 Å². The number of nitrogens with one attached hydrogen (secondary N) is 1. The largest absolute Gasteiger partial charge is 0.497 e. The number of hydrogen-bond donors (Lipinski definition) is 1. The second kappa shape index (κ2) is 10.1. The number of thiophene rings is 1. The lowest BCUT2D eigenvalue weighted by atomic mass is 10.1. The number of carbonyl (C=O) groups excluding carboxylic acids is 1. The predicted molar refractivity (Wildman–Crippen MR) is 150 cm³/mol. The van der Waals surface area contributed by atoms with Gasteiger partial charge in [-0.3, -0.25) is 9.59 Å². The van der Waals surface area contributed by atoms with E-state index in [0.717, 1.165) is 32.8 Å². The summed E-state index contributed by atoms with van der Waals surface area (Å²) < 4.78 is 7.93. The van der Waals surface area contributed by atoms with Crippen LogP contribution >= 0.6 is 11.3 Å². The van der Waals surface area contributed by atoms with Gasteiger partial charge in [-0.25, -0.2) is 9.55 Å². The van der Waals surface area contributed by atoms with Crippen molar-refractivity contribution in [2.75, 3.05) is 19.0 Å². The summed E-state index contributed by atoms with van der Waals surface area (Å²) in [5, 5.41) is 4.42. The van der Waals surface area contributed by atoms with Gasteiger partial charge >= 0.3 is 0 Å². The van der Waals surface area contributed by atoms with Crippen molar-refractivity contribution in [3.05, 3.63) is 117 Å². The highest BCUT2D eigenvalue weighted by Gasteiger charge is 2.28. The summed E-state index contributed by atoms with van der Waals surface area (Å²) in [5.41, 5.74) is 2.90. The van der Waals surface area contributed by atoms with Crippen LogP contribution in [0.1, 0.15) is 26.5 Å². The number of amides is 1. The van der Waals surface area contributed by atoms with Crippen LogP contribution in [0.2, 0.25) is 0 Å². The van der Waals surface area contributed by atoms with Gasteiger partial charge in [0.1, 0.15) is 5.75 Å². The van der Waals surface area contributed by atoms with Crippen LogP contribution in [0.5, 0.6) is 5.75 Å². The normalized spacial score (nSPS) is 12.8. The van der Waals surface area contributed by atoms with Crippen molar-refractivity contribution in [2.45, 2.75) is 19.5 Å². The molecule has 0 radical (unpaired) electrons. The third-order valence-corrected chi connectivity index (χ3v) is 7.88. The molecule has 0 fully saturated rings. The molecular weight excluding hydrogens is 496 g/mol. The second-order valence-corrected chi connectivity index (χ2v) is 10.2. The molecular formula is C30H26N4O3S. The molecule has 3 heterocycles. The summed E-state index contributed by atoms with van der Waals surface area (Å²) in [4.78, 5) is 34.6. The molecule has 2 aromatic heterocycles. The Hall–Kier alpha value is -4.43. The summed E-state index contributed by atoms with van der Waals surface area (Å²) in [5.74, 6) is 1.22. The van der Waals surface area contributed by atoms with Gasteiger partial charge in [-0.2, -0.15) is 0 Å². The van der Waals surface area contributed by atoms with Gasteiger partial charge in [0, 0.05) is 24.2 Å². The number of carbonyl (C=O) groups is 1. The number of benzene rings is 3. The number of anilines is 1. The number of nitrogens with zero attached hydrogens (tertiary/aromatic N) is 3. The average molecular weight is 523 g/mol. The molecule has 38 heavy (non-hydrogen) atoms. The average Bonchev–Trinajstić information content (AvgIpc) is 3.41. The number of methoxy groups -OCH3 is 1. The van der Waals surface area contributed by atoms with Crippen LogP contribution < -0.4 is 15.6 Å². The molecule has 7 nitrogen and oxygen atoms in total. The van der Waals surface area contributed by atoms with Crippen molar-refractivity contribution >= 4 is 33.3 Å². The zero-order valence-electron chi connectivity index (χ0n) is 20.9. The van der Waals surface area contributed by atoms with E-state index >= 15 is 0 Å². The highest BCUT2D eigenvalue weighted by Crippen LogP contribution is 2.28. The first-order valence-electron chi connectivity index (χ1n) is 12.5. The van der Waals surface area contributed by atoms with Gasteiger partial charge in [-0.1, -0.05) is 48.5 Å². The molecule has 0 saturated heterocycles. The lowest BCUT2D eigenvalue weighted by molar-refractivity contribution is 0.0737. The molecule has 0 aliphatic carbocycles. The Balaban J connectivity index is 1.33. The molecule has 1 amide bonds. The van der Waals surface area contributed by atoms with E-state index < -0.39 is 0 Å². The summed E-state index contributed by atoms with van der Waals surface area (Å²) in [6, 6.07) is 27.2. The van der Waals surface area contributed by atoms with E-state index in [0.29, 0.717) is 35.9 Å². The Labute approximate surface area is 224 Å². The highest BCUT2D eigenvalue weighted by molar-refractivity contribution is 7.20. The van der Waals surface area contributed by atoms with Crippen LogP contribution in [-0.2, 0) is 19.5 Å². The molecule has 3 aromatic carbocycles. The number of fused-ring (bicyclic) bond motifs is 2. The minimum absolute atomic E-state index is 0.0516. The predicted octanol–water partition coefficient (Wildman–Crippen LogP) is 5.27. The number of aromatic nitrogens is 2. The number of rotatable bonds is 6. The quantitative estimate of drug-likeness (QED) is 0.329. The van der Waals surface area contributed by atoms with E-state index in [9.17, 15) is 9.59 Å². The molecule has 1 aliphatic heterocycles. The summed E-state index contributed by atoms with van der Waals surface area (Å²) in [6.45, 7) is 1.25. The number of hydrogen-bond acceptors (Lipinski definition) is 6. The molecule has 1 N–H and O–H groups in total. The summed E-state index contributed by atoms with van der Waals surface area (Å²) >= 11 is 1.49. The fraction of sp³-hybridized carbons (Fsp3) is 0.167. The molecule has 190 valence electrons. The third-order valence-electron chi connectivity index (χ3n) is 6.78. The Morgan fingerprint density at radius 1 is 1.03 bits per heavy atom. The SMILES string of the molecule is COc1ccc(CNc2nc3c(c(=O)n2-c2ccccc2)CN(C(=O)c2cc4ccccc4s2)CC3)cc1. The minimum atomic E-state index is -0.160. The van der Waals surface area contributed by atoms with Crippen LogP contribution in [0, 0.1) is 0 Å². The third kappa shape index (κ3) is 4.54. The van der Waals surface area contributed by atoms with Crippen molar-refractivity contribution in [1.82, 2.24) is 14.5 Å². The van der Waals surface area contributed by atoms with Crippen LogP contribution in [0.4, 0.5) is 5.95 Å². The van der Waals surface area contributed by atoms with E-state index in [1.54, 1.807) is 16.6 Å². The van der Waals surface area contributed by atoms with E-state index in [4.69, 9.17) is 9.72 Å². The second-order valence-electron chi connectivity index (χ2n) is 9.16. The van der Waals surface area contributed by atoms with Crippen LogP contribution in [-0.4, -0.2) is 34.0 Å². The molecule has 6 rings (SSSR count). The van der Waals surface area contributed by atoms with Crippen LogP contribution in [0.15, 0.2) is 89.7 Å². The lowest BCUT2D eigenvalue weighted by Crippen LogP contribution is -2.41. The first kappa shape index (κ1) is 23.9. The minimum Gasteiger partial charge on any atom is -0.497 e. The van der Waals surface area contributed by atoms with Crippen LogP contribution in [0.25, 0.3) is 15.8 Å². The zero-order chi connectivity index (χ0) is 26.1. The molecule has 0 atom stereocenters. The van der Waals surface area contributed by atoms with Gasteiger partial charge in [0.05, 0.1) is 35.5 Å². The van der Waals surface area contributed by atoms with Crippen molar-refractivity contribution in [3.63, 3.8) is 0 Å². The van der Waals surface area contributed by atoms with Crippen molar-refractivity contribution in [1.29, 1.82) is 0 Å². The fourth-order valence-corrected chi connectivity index (χ4v) is 5.78. The summed E-state index contributed by atoms with van der Waals surface area (Å²) in [6.07, 6.45) is 0.522. The molecule has 1 aliphatic rings. The molecule has 5 aromatic rings. The number of ether oxygens (including phenoxy) is 1. The maximum Gasteiger partial charge on any atom is 0.264 e. The molecule has 0 unspecified atom stereocenters. The molecule has 0 bridgehead atoms. The first-order valence-corrected chi connectivity index (χ1v) is 13.3. The first-order chi connectivity index (χ1) is 18.6. The lowest BCUT2D eigenvalue weighted by Gasteiger charge is -2.29. The highest BCUT2D eigenvalue weighted by atomic mass is 32.1. The monoisotopic (exact) mass is 522 g/mol. The van der Waals surface area contributed by atoms with Crippen molar-refractivity contribution in [3.8, 4) is 11.4 Å². The van der Waals surface area contributed by atoms with E-state index in [2.05, 4.69) is 5.32 Å². The maximum atomic E-state index is 13.9. The van der Waals surface area contributed by atoms with E-state index in [1.807, 2.05) is 84.9 Å². The number of para-hydroxylation sites is 1. The van der Waals surface area contributed by atoms with Gasteiger partial charge in [0.25, 0.3) is 11.5 Å². The van der Waals surface area contributed by atoms with Crippen LogP contribution in [0.3, 0.4) is 0 Å². The smallest absolute Gasteiger partial charge is 0.264 e. The Morgan fingerprint density at radius 3 is 2.55 bits per heavy atom. The Morgan fingerprint density at radius 2 is 1.79 bits per heavy atom.